The molecule has 4 nitrogen and oxygen atoms in total. The first-order valence-electron chi connectivity index (χ1n) is 10.4. The lowest BCUT2D eigenvalue weighted by molar-refractivity contribution is -0.174. The molecule has 0 radical (unpaired) electrons. The first-order valence-corrected chi connectivity index (χ1v) is 12.3. The summed E-state index contributed by atoms with van der Waals surface area (Å²) in [6.45, 7) is 13.0. The van der Waals surface area contributed by atoms with Crippen LogP contribution in [0.1, 0.15) is 27.7 Å². The molecule has 0 bridgehead atoms. The maximum atomic E-state index is 12.6. The minimum Gasteiger partial charge on any atom is -0.407 e. The van der Waals surface area contributed by atoms with Gasteiger partial charge in [0, 0.05) is 25.5 Å². The minimum absolute atomic E-state index is 0.0894. The van der Waals surface area contributed by atoms with E-state index in [1.807, 2.05) is 25.1 Å². The molecule has 0 saturated heterocycles. The molecule has 2 rings (SSSR count). The SMILES string of the molecule is C=C[C@@H](CO[Si](c1ccccc1)(c1ccccc1)C(C)(C)C)[C@@H](C)C(=O)N(C)OC. The van der Waals surface area contributed by atoms with E-state index >= 15 is 0 Å². The molecule has 0 aliphatic carbocycles. The zero-order valence-electron chi connectivity index (χ0n) is 19.1. The molecule has 0 spiro atoms. The van der Waals surface area contributed by atoms with Crippen LogP contribution >= 0.6 is 0 Å². The second kappa shape index (κ2) is 10.2. The van der Waals surface area contributed by atoms with E-state index in [4.69, 9.17) is 9.26 Å². The summed E-state index contributed by atoms with van der Waals surface area (Å²) in [7, 11) is 0.471. The molecule has 0 heterocycles. The summed E-state index contributed by atoms with van der Waals surface area (Å²) >= 11 is 0. The average molecular weight is 426 g/mol. The molecular formula is C25H35NO3Si. The number of hydrogen-bond acceptors (Lipinski definition) is 3. The highest BCUT2D eigenvalue weighted by Gasteiger charge is 2.50. The van der Waals surface area contributed by atoms with Crippen LogP contribution in [-0.4, -0.2) is 40.1 Å². The van der Waals surface area contributed by atoms with Crippen LogP contribution in [0.4, 0.5) is 0 Å². The Morgan fingerprint density at radius 3 is 1.90 bits per heavy atom. The first kappa shape index (κ1) is 24.1. The predicted molar refractivity (Wildman–Crippen MR) is 126 cm³/mol. The zero-order chi connectivity index (χ0) is 22.4. The summed E-state index contributed by atoms with van der Waals surface area (Å²) in [5, 5.41) is 3.60. The lowest BCUT2D eigenvalue weighted by Crippen LogP contribution is -2.67. The lowest BCUT2D eigenvalue weighted by Gasteiger charge is -2.44. The zero-order valence-corrected chi connectivity index (χ0v) is 20.1. The molecule has 1 amide bonds. The van der Waals surface area contributed by atoms with Gasteiger partial charge < -0.3 is 4.43 Å². The Balaban J connectivity index is 2.48. The minimum atomic E-state index is -2.65. The van der Waals surface area contributed by atoms with Crippen molar-refractivity contribution in [1.29, 1.82) is 0 Å². The number of nitrogens with zero attached hydrogens (tertiary/aromatic N) is 1. The number of hydrogen-bond donors (Lipinski definition) is 0. The fourth-order valence-corrected chi connectivity index (χ4v) is 8.56. The molecule has 0 aromatic heterocycles. The Bertz CT molecular complexity index is 778. The fraction of sp³-hybridized carbons (Fsp3) is 0.400. The van der Waals surface area contributed by atoms with Crippen LogP contribution in [0.2, 0.25) is 5.04 Å². The van der Waals surface area contributed by atoms with Crippen LogP contribution in [0.25, 0.3) is 0 Å². The number of benzene rings is 2. The molecule has 0 unspecified atom stereocenters. The molecule has 0 aliphatic heterocycles. The first-order chi connectivity index (χ1) is 14.2. The largest absolute Gasteiger partial charge is 0.407 e. The highest BCUT2D eigenvalue weighted by atomic mass is 28.4. The van der Waals surface area contributed by atoms with Gasteiger partial charge in [0.25, 0.3) is 8.32 Å². The van der Waals surface area contributed by atoms with Crippen molar-refractivity contribution in [2.75, 3.05) is 20.8 Å². The van der Waals surface area contributed by atoms with Crippen LogP contribution < -0.4 is 10.4 Å². The third-order valence-corrected chi connectivity index (χ3v) is 10.8. The molecule has 0 saturated carbocycles. The van der Waals surface area contributed by atoms with Crippen molar-refractivity contribution in [2.24, 2.45) is 11.8 Å². The van der Waals surface area contributed by atoms with Gasteiger partial charge in [-0.1, -0.05) is 94.4 Å². The van der Waals surface area contributed by atoms with E-state index in [1.54, 1.807) is 7.05 Å². The Morgan fingerprint density at radius 1 is 1.07 bits per heavy atom. The topological polar surface area (TPSA) is 38.8 Å². The van der Waals surface area contributed by atoms with Gasteiger partial charge >= 0.3 is 0 Å². The van der Waals surface area contributed by atoms with E-state index in [9.17, 15) is 4.79 Å². The number of hydroxylamine groups is 2. The van der Waals surface area contributed by atoms with Crippen LogP contribution in [-0.2, 0) is 14.1 Å². The summed E-state index contributed by atoms with van der Waals surface area (Å²) in [4.78, 5) is 17.7. The average Bonchev–Trinajstić information content (AvgIpc) is 2.75. The monoisotopic (exact) mass is 425 g/mol. The summed E-state index contributed by atoms with van der Waals surface area (Å²) in [6, 6.07) is 21.0. The number of carbonyl (C=O) groups excluding carboxylic acids is 1. The van der Waals surface area contributed by atoms with Crippen LogP contribution in [0.5, 0.6) is 0 Å². The van der Waals surface area contributed by atoms with Crippen molar-refractivity contribution in [3.05, 3.63) is 73.3 Å². The Hall–Kier alpha value is -2.21. The molecule has 2 aromatic carbocycles. The number of carbonyl (C=O) groups is 1. The van der Waals surface area contributed by atoms with Gasteiger partial charge in [-0.2, -0.15) is 0 Å². The second-order valence-electron chi connectivity index (χ2n) is 8.68. The van der Waals surface area contributed by atoms with Crippen molar-refractivity contribution in [2.45, 2.75) is 32.7 Å². The molecule has 2 aromatic rings. The molecule has 0 fully saturated rings. The molecule has 2 atom stereocenters. The van der Waals surface area contributed by atoms with Crippen LogP contribution in [0.3, 0.4) is 0 Å². The Morgan fingerprint density at radius 2 is 1.53 bits per heavy atom. The maximum absolute atomic E-state index is 12.6. The number of amides is 1. The van der Waals surface area contributed by atoms with Crippen LogP contribution in [0.15, 0.2) is 73.3 Å². The molecule has 0 N–H and O–H groups in total. The van der Waals surface area contributed by atoms with Gasteiger partial charge in [0.1, 0.15) is 0 Å². The highest BCUT2D eigenvalue weighted by Crippen LogP contribution is 2.37. The third-order valence-electron chi connectivity index (χ3n) is 5.83. The van der Waals surface area contributed by atoms with Crippen molar-refractivity contribution >= 4 is 24.6 Å². The quantitative estimate of drug-likeness (QED) is 0.346. The Labute approximate surface area is 182 Å². The summed E-state index contributed by atoms with van der Waals surface area (Å²) < 4.78 is 6.96. The number of rotatable bonds is 9. The van der Waals surface area contributed by atoms with Gasteiger partial charge in [-0.05, 0) is 15.4 Å². The van der Waals surface area contributed by atoms with Gasteiger partial charge in [0.15, 0.2) is 0 Å². The van der Waals surface area contributed by atoms with E-state index in [0.29, 0.717) is 6.61 Å². The van der Waals surface area contributed by atoms with E-state index in [2.05, 4.69) is 75.9 Å². The molecule has 5 heteroatoms. The molecule has 30 heavy (non-hydrogen) atoms. The predicted octanol–water partition coefficient (Wildman–Crippen LogP) is 4.02. The smallest absolute Gasteiger partial charge is 0.261 e. The van der Waals surface area contributed by atoms with E-state index in [-0.39, 0.29) is 22.8 Å². The van der Waals surface area contributed by atoms with Crippen molar-refractivity contribution in [3.8, 4) is 0 Å². The highest BCUT2D eigenvalue weighted by molar-refractivity contribution is 6.99. The fourth-order valence-electron chi connectivity index (χ4n) is 3.96. The van der Waals surface area contributed by atoms with Crippen molar-refractivity contribution in [1.82, 2.24) is 5.06 Å². The van der Waals surface area contributed by atoms with Gasteiger partial charge in [-0.15, -0.1) is 6.58 Å². The van der Waals surface area contributed by atoms with Crippen molar-refractivity contribution < 1.29 is 14.1 Å². The summed E-state index contributed by atoms with van der Waals surface area (Å²) in [5.41, 5.74) is 0. The normalized spacial score (nSPS) is 14.1. The van der Waals surface area contributed by atoms with E-state index < -0.39 is 8.32 Å². The summed E-state index contributed by atoms with van der Waals surface area (Å²) in [5.74, 6) is -0.518. The standard InChI is InChI=1S/C25H35NO3Si/c1-8-21(20(2)24(27)26(6)28-7)19-29-30(25(3,4)5,22-15-11-9-12-16-22)23-17-13-10-14-18-23/h8-18,20-21H,1,19H2,2-7H3/t20-,21+/m1/s1. The third kappa shape index (κ3) is 4.91. The molecule has 162 valence electrons. The van der Waals surface area contributed by atoms with Gasteiger partial charge in [0.05, 0.1) is 7.11 Å². The van der Waals surface area contributed by atoms with E-state index in [0.717, 1.165) is 0 Å². The molecular weight excluding hydrogens is 390 g/mol. The summed E-state index contributed by atoms with van der Waals surface area (Å²) in [6.07, 6.45) is 1.82. The maximum Gasteiger partial charge on any atom is 0.261 e. The second-order valence-corrected chi connectivity index (χ2v) is 13.0. The van der Waals surface area contributed by atoms with E-state index in [1.165, 1.54) is 22.5 Å². The van der Waals surface area contributed by atoms with Gasteiger partial charge in [-0.3, -0.25) is 9.63 Å². The van der Waals surface area contributed by atoms with Gasteiger partial charge in [-0.25, -0.2) is 5.06 Å². The van der Waals surface area contributed by atoms with Gasteiger partial charge in [0.2, 0.25) is 5.91 Å². The van der Waals surface area contributed by atoms with Crippen LogP contribution in [0, 0.1) is 11.8 Å². The molecule has 0 aliphatic rings. The van der Waals surface area contributed by atoms with Crippen molar-refractivity contribution in [3.63, 3.8) is 0 Å². The lowest BCUT2D eigenvalue weighted by atomic mass is 9.94. The Kier molecular flexibility index (Phi) is 8.18.